The summed E-state index contributed by atoms with van der Waals surface area (Å²) in [5, 5.41) is 9.80. The number of aromatic nitrogens is 3. The Morgan fingerprint density at radius 2 is 1.81 bits per heavy atom. The minimum Gasteiger partial charge on any atom is -0.381 e. The quantitative estimate of drug-likeness (QED) is 0.449. The van der Waals surface area contributed by atoms with Gasteiger partial charge in [0.2, 0.25) is 6.41 Å². The number of carbonyl (C=O) groups is 1. The van der Waals surface area contributed by atoms with Crippen molar-refractivity contribution in [2.75, 3.05) is 13.2 Å². The molecule has 3 N–H and O–H groups in total. The SMILES string of the molecule is Fc1ccc(-n2c(C3CCOCC3)c(C3CCC3)c3cc4[nH]ncc4cc32)cc1.NC=O. The van der Waals surface area contributed by atoms with Crippen LogP contribution in [0.3, 0.4) is 0 Å². The van der Waals surface area contributed by atoms with Crippen molar-refractivity contribution >= 4 is 28.2 Å². The first-order valence-electron chi connectivity index (χ1n) is 11.2. The molecule has 0 atom stereocenters. The summed E-state index contributed by atoms with van der Waals surface area (Å²) in [4.78, 5) is 8.58. The lowest BCUT2D eigenvalue weighted by atomic mass is 9.76. The van der Waals surface area contributed by atoms with Crippen molar-refractivity contribution in [3.8, 4) is 5.69 Å². The van der Waals surface area contributed by atoms with Gasteiger partial charge in [0.1, 0.15) is 5.82 Å². The molecular weight excluding hydrogens is 407 g/mol. The summed E-state index contributed by atoms with van der Waals surface area (Å²) in [6.07, 6.45) is 8.01. The molecule has 1 amide bonds. The van der Waals surface area contributed by atoms with Gasteiger partial charge in [-0.2, -0.15) is 5.10 Å². The van der Waals surface area contributed by atoms with Crippen LogP contribution in [0.2, 0.25) is 0 Å². The highest BCUT2D eigenvalue weighted by Gasteiger charge is 2.33. The number of ether oxygens (including phenoxy) is 1. The van der Waals surface area contributed by atoms with Gasteiger partial charge in [0.05, 0.1) is 17.2 Å². The number of aromatic amines is 1. The summed E-state index contributed by atoms with van der Waals surface area (Å²) in [5.74, 6) is 0.875. The van der Waals surface area contributed by atoms with Crippen LogP contribution in [0.1, 0.15) is 55.2 Å². The van der Waals surface area contributed by atoms with Crippen molar-refractivity contribution in [1.82, 2.24) is 14.8 Å². The Bertz CT molecular complexity index is 1230. The maximum Gasteiger partial charge on any atom is 0.204 e. The molecule has 3 heterocycles. The van der Waals surface area contributed by atoms with E-state index >= 15 is 0 Å². The summed E-state index contributed by atoms with van der Waals surface area (Å²) in [6.45, 7) is 1.62. The molecule has 2 aromatic carbocycles. The van der Waals surface area contributed by atoms with Gasteiger partial charge in [0.15, 0.2) is 0 Å². The van der Waals surface area contributed by atoms with Crippen LogP contribution in [0.4, 0.5) is 4.39 Å². The Hall–Kier alpha value is -3.19. The molecular formula is C25H27FN4O2. The third-order valence-corrected chi connectivity index (χ3v) is 6.81. The second kappa shape index (κ2) is 8.74. The first-order chi connectivity index (χ1) is 15.7. The Morgan fingerprint density at radius 1 is 1.09 bits per heavy atom. The molecule has 1 aliphatic carbocycles. The number of hydrogen-bond acceptors (Lipinski definition) is 3. The van der Waals surface area contributed by atoms with E-state index in [1.165, 1.54) is 41.4 Å². The predicted molar refractivity (Wildman–Crippen MR) is 123 cm³/mol. The maximum atomic E-state index is 13.7. The van der Waals surface area contributed by atoms with Gasteiger partial charge in [-0.3, -0.25) is 9.89 Å². The molecule has 0 bridgehead atoms. The van der Waals surface area contributed by atoms with Crippen LogP contribution in [-0.2, 0) is 9.53 Å². The highest BCUT2D eigenvalue weighted by Crippen LogP contribution is 2.48. The third kappa shape index (κ3) is 3.56. The summed E-state index contributed by atoms with van der Waals surface area (Å²) >= 11 is 0. The van der Waals surface area contributed by atoms with E-state index in [4.69, 9.17) is 9.53 Å². The van der Waals surface area contributed by atoms with Crippen LogP contribution in [0.15, 0.2) is 42.6 Å². The lowest BCUT2D eigenvalue weighted by molar-refractivity contribution is -0.106. The van der Waals surface area contributed by atoms with E-state index in [2.05, 4.69) is 32.6 Å². The zero-order valence-electron chi connectivity index (χ0n) is 17.9. The van der Waals surface area contributed by atoms with Crippen LogP contribution >= 0.6 is 0 Å². The topological polar surface area (TPSA) is 85.9 Å². The molecule has 2 fully saturated rings. The van der Waals surface area contributed by atoms with E-state index in [0.717, 1.165) is 42.6 Å². The van der Waals surface area contributed by atoms with E-state index in [0.29, 0.717) is 11.8 Å². The van der Waals surface area contributed by atoms with Crippen LogP contribution in [-0.4, -0.2) is 34.4 Å². The van der Waals surface area contributed by atoms with E-state index < -0.39 is 0 Å². The maximum absolute atomic E-state index is 13.7. The van der Waals surface area contributed by atoms with Crippen molar-refractivity contribution in [3.05, 3.63) is 59.7 Å². The Balaban J connectivity index is 0.000000684. The number of nitrogens with zero attached hydrogens (tertiary/aromatic N) is 2. The predicted octanol–water partition coefficient (Wildman–Crippen LogP) is 4.91. The van der Waals surface area contributed by atoms with Crippen LogP contribution < -0.4 is 5.73 Å². The number of nitrogens with one attached hydrogen (secondary N) is 1. The fourth-order valence-corrected chi connectivity index (χ4v) is 5.14. The molecule has 4 aromatic rings. The van der Waals surface area contributed by atoms with Crippen molar-refractivity contribution in [3.63, 3.8) is 0 Å². The van der Waals surface area contributed by atoms with E-state index in [1.54, 1.807) is 12.1 Å². The Kier molecular flexibility index (Phi) is 5.66. The van der Waals surface area contributed by atoms with Gasteiger partial charge in [0, 0.05) is 41.3 Å². The van der Waals surface area contributed by atoms with Gasteiger partial charge >= 0.3 is 0 Å². The number of carbonyl (C=O) groups excluding carboxylic acids is 1. The number of amides is 1. The molecule has 1 saturated carbocycles. The molecule has 1 aliphatic heterocycles. The van der Waals surface area contributed by atoms with Crippen LogP contribution in [0.5, 0.6) is 0 Å². The largest absolute Gasteiger partial charge is 0.381 e. The molecule has 2 aromatic heterocycles. The molecule has 166 valence electrons. The minimum absolute atomic E-state index is 0.200. The second-order valence-corrected chi connectivity index (χ2v) is 8.59. The van der Waals surface area contributed by atoms with E-state index in [1.807, 2.05) is 18.3 Å². The number of H-pyrrole nitrogens is 1. The number of hydrogen-bond donors (Lipinski definition) is 2. The first-order valence-corrected chi connectivity index (χ1v) is 11.2. The van der Waals surface area contributed by atoms with E-state index in [9.17, 15) is 4.39 Å². The number of fused-ring (bicyclic) bond motifs is 2. The third-order valence-electron chi connectivity index (χ3n) is 6.81. The number of nitrogens with two attached hydrogens (primary N) is 1. The van der Waals surface area contributed by atoms with E-state index in [-0.39, 0.29) is 12.2 Å². The number of primary amides is 1. The molecule has 6 rings (SSSR count). The molecule has 1 saturated heterocycles. The van der Waals surface area contributed by atoms with Gasteiger partial charge in [-0.15, -0.1) is 0 Å². The van der Waals surface area contributed by atoms with Crippen molar-refractivity contribution in [2.45, 2.75) is 43.9 Å². The number of halogens is 1. The average molecular weight is 435 g/mol. The summed E-state index contributed by atoms with van der Waals surface area (Å²) in [6, 6.07) is 11.4. The van der Waals surface area contributed by atoms with Crippen LogP contribution in [0.25, 0.3) is 27.5 Å². The second-order valence-electron chi connectivity index (χ2n) is 8.59. The molecule has 0 radical (unpaired) electrons. The minimum atomic E-state index is -0.200. The zero-order chi connectivity index (χ0) is 22.1. The Morgan fingerprint density at radius 3 is 2.47 bits per heavy atom. The van der Waals surface area contributed by atoms with Crippen molar-refractivity contribution < 1.29 is 13.9 Å². The molecule has 6 nitrogen and oxygen atoms in total. The molecule has 32 heavy (non-hydrogen) atoms. The van der Waals surface area contributed by atoms with Crippen molar-refractivity contribution in [2.24, 2.45) is 5.73 Å². The molecule has 0 unspecified atom stereocenters. The van der Waals surface area contributed by atoms with Gasteiger partial charge in [0.25, 0.3) is 0 Å². The van der Waals surface area contributed by atoms with Gasteiger partial charge in [-0.1, -0.05) is 6.42 Å². The Labute approximate surface area is 185 Å². The lowest BCUT2D eigenvalue weighted by Crippen LogP contribution is -2.20. The standard InChI is InChI=1S/C24H24FN3O.CH3NO/c25-18-4-6-19(7-5-18)28-22-12-17-14-26-27-21(17)13-20(22)23(15-2-1-3-15)24(28)16-8-10-29-11-9-16;2-1-3/h4-7,12-16H,1-3,8-11H2,(H,26,27);1H,(H2,2,3). The normalized spacial score (nSPS) is 17.2. The number of rotatable bonds is 3. The summed E-state index contributed by atoms with van der Waals surface area (Å²) < 4.78 is 21.8. The van der Waals surface area contributed by atoms with Gasteiger partial charge in [-0.25, -0.2) is 4.39 Å². The molecule has 2 aliphatic rings. The van der Waals surface area contributed by atoms with Crippen LogP contribution in [0, 0.1) is 5.82 Å². The summed E-state index contributed by atoms with van der Waals surface area (Å²) in [7, 11) is 0. The van der Waals surface area contributed by atoms with Gasteiger partial charge in [-0.05, 0) is 73.6 Å². The monoisotopic (exact) mass is 434 g/mol. The molecule has 0 spiro atoms. The van der Waals surface area contributed by atoms with Crippen molar-refractivity contribution in [1.29, 1.82) is 0 Å². The average Bonchev–Trinajstić information content (AvgIpc) is 3.35. The van der Waals surface area contributed by atoms with Gasteiger partial charge < -0.3 is 15.0 Å². The fourth-order valence-electron chi connectivity index (χ4n) is 5.14. The smallest absolute Gasteiger partial charge is 0.204 e. The first kappa shape index (κ1) is 20.7. The lowest BCUT2D eigenvalue weighted by Gasteiger charge is -2.31. The molecule has 7 heteroatoms. The zero-order valence-corrected chi connectivity index (χ0v) is 17.9. The highest BCUT2D eigenvalue weighted by molar-refractivity contribution is 5.99. The highest BCUT2D eigenvalue weighted by atomic mass is 19.1. The summed E-state index contributed by atoms with van der Waals surface area (Å²) in [5.41, 5.74) is 10.4. The number of benzene rings is 2. The fraction of sp³-hybridized carbons (Fsp3) is 0.360.